The average Bonchev–Trinajstić information content (AvgIpc) is 2.25. The van der Waals surface area contributed by atoms with Gasteiger partial charge in [0.05, 0.1) is 11.7 Å². The van der Waals surface area contributed by atoms with E-state index in [-0.39, 0.29) is 12.3 Å². The summed E-state index contributed by atoms with van der Waals surface area (Å²) in [6.07, 6.45) is 1.40. The standard InChI is InChI=1S/C11H17ClN2O2/c1-7-5-9(10(12)13-6-7)14-8(2)11(15-3)16-4/h5-6,8,11,14H,1-4H3. The summed E-state index contributed by atoms with van der Waals surface area (Å²) in [7, 11) is 3.20. The Morgan fingerprint density at radius 3 is 2.56 bits per heavy atom. The van der Waals surface area contributed by atoms with E-state index in [4.69, 9.17) is 21.1 Å². The molecule has 1 heterocycles. The van der Waals surface area contributed by atoms with Crippen LogP contribution in [0.25, 0.3) is 0 Å². The molecule has 0 radical (unpaired) electrons. The summed E-state index contributed by atoms with van der Waals surface area (Å²) in [5.74, 6) is 0. The molecule has 0 aliphatic rings. The fourth-order valence-electron chi connectivity index (χ4n) is 1.47. The lowest BCUT2D eigenvalue weighted by Crippen LogP contribution is -2.33. The minimum Gasteiger partial charge on any atom is -0.375 e. The molecule has 5 heteroatoms. The van der Waals surface area contributed by atoms with Crippen molar-refractivity contribution in [2.24, 2.45) is 0 Å². The minimum absolute atomic E-state index is 0.0175. The number of ether oxygens (including phenoxy) is 2. The van der Waals surface area contributed by atoms with Crippen LogP contribution in [0.3, 0.4) is 0 Å². The summed E-state index contributed by atoms with van der Waals surface area (Å²) in [6, 6.07) is 1.92. The Bertz CT molecular complexity index is 343. The van der Waals surface area contributed by atoms with E-state index in [2.05, 4.69) is 10.3 Å². The van der Waals surface area contributed by atoms with Gasteiger partial charge in [0.15, 0.2) is 11.4 Å². The fourth-order valence-corrected chi connectivity index (χ4v) is 1.63. The highest BCUT2D eigenvalue weighted by Gasteiger charge is 2.16. The van der Waals surface area contributed by atoms with Gasteiger partial charge < -0.3 is 14.8 Å². The Balaban J connectivity index is 2.75. The predicted molar refractivity (Wildman–Crippen MR) is 64.9 cm³/mol. The van der Waals surface area contributed by atoms with Gasteiger partial charge in [-0.15, -0.1) is 0 Å². The number of aromatic nitrogens is 1. The first kappa shape index (κ1) is 13.2. The van der Waals surface area contributed by atoms with Crippen LogP contribution in [0.2, 0.25) is 5.15 Å². The molecule has 1 N–H and O–H groups in total. The summed E-state index contributed by atoms with van der Waals surface area (Å²) in [4.78, 5) is 4.06. The van der Waals surface area contributed by atoms with E-state index in [1.807, 2.05) is 19.9 Å². The van der Waals surface area contributed by atoms with E-state index in [1.165, 1.54) is 0 Å². The summed E-state index contributed by atoms with van der Waals surface area (Å²) in [5.41, 5.74) is 1.83. The number of rotatable bonds is 5. The number of pyridine rings is 1. The van der Waals surface area contributed by atoms with Crippen LogP contribution in [0.5, 0.6) is 0 Å². The van der Waals surface area contributed by atoms with E-state index in [0.29, 0.717) is 5.15 Å². The highest BCUT2D eigenvalue weighted by Crippen LogP contribution is 2.21. The molecule has 0 aliphatic heterocycles. The van der Waals surface area contributed by atoms with Crippen molar-refractivity contribution in [2.45, 2.75) is 26.2 Å². The summed E-state index contributed by atoms with van der Waals surface area (Å²) >= 11 is 5.98. The van der Waals surface area contributed by atoms with E-state index in [1.54, 1.807) is 20.4 Å². The number of hydrogen-bond acceptors (Lipinski definition) is 4. The molecule has 1 atom stereocenters. The molecule has 0 amide bonds. The highest BCUT2D eigenvalue weighted by molar-refractivity contribution is 6.31. The molecular formula is C11H17ClN2O2. The number of hydrogen-bond donors (Lipinski definition) is 1. The summed E-state index contributed by atoms with van der Waals surface area (Å²) in [5, 5.41) is 3.66. The molecule has 1 aromatic rings. The van der Waals surface area contributed by atoms with Gasteiger partial charge in [0, 0.05) is 20.4 Å². The fraction of sp³-hybridized carbons (Fsp3) is 0.545. The van der Waals surface area contributed by atoms with Gasteiger partial charge in [0.25, 0.3) is 0 Å². The van der Waals surface area contributed by atoms with Gasteiger partial charge in [-0.25, -0.2) is 4.98 Å². The second-order valence-corrected chi connectivity index (χ2v) is 3.98. The Morgan fingerprint density at radius 1 is 1.38 bits per heavy atom. The smallest absolute Gasteiger partial charge is 0.176 e. The summed E-state index contributed by atoms with van der Waals surface area (Å²) < 4.78 is 10.3. The second-order valence-electron chi connectivity index (χ2n) is 3.62. The lowest BCUT2D eigenvalue weighted by Gasteiger charge is -2.23. The van der Waals surface area contributed by atoms with Crippen LogP contribution in [0, 0.1) is 6.92 Å². The monoisotopic (exact) mass is 244 g/mol. The van der Waals surface area contributed by atoms with Crippen molar-refractivity contribution < 1.29 is 9.47 Å². The van der Waals surface area contributed by atoms with Crippen molar-refractivity contribution in [1.29, 1.82) is 0 Å². The van der Waals surface area contributed by atoms with Gasteiger partial charge in [0.1, 0.15) is 0 Å². The molecule has 0 fully saturated rings. The van der Waals surface area contributed by atoms with Gasteiger partial charge in [-0.05, 0) is 25.5 Å². The van der Waals surface area contributed by atoms with Crippen LogP contribution in [0.4, 0.5) is 5.69 Å². The maximum absolute atomic E-state index is 5.98. The number of nitrogens with one attached hydrogen (secondary N) is 1. The van der Waals surface area contributed by atoms with Crippen molar-refractivity contribution in [3.8, 4) is 0 Å². The minimum atomic E-state index is -0.323. The third kappa shape index (κ3) is 3.33. The number of halogens is 1. The first-order valence-corrected chi connectivity index (χ1v) is 5.40. The zero-order valence-corrected chi connectivity index (χ0v) is 10.7. The largest absolute Gasteiger partial charge is 0.375 e. The molecule has 0 spiro atoms. The van der Waals surface area contributed by atoms with Crippen LogP contribution in [-0.4, -0.2) is 31.5 Å². The Morgan fingerprint density at radius 2 is 2.00 bits per heavy atom. The Labute approximate surface area is 101 Å². The van der Waals surface area contributed by atoms with Gasteiger partial charge in [-0.3, -0.25) is 0 Å². The van der Waals surface area contributed by atoms with E-state index in [0.717, 1.165) is 11.3 Å². The first-order valence-electron chi connectivity index (χ1n) is 5.02. The van der Waals surface area contributed by atoms with Gasteiger partial charge in [-0.2, -0.15) is 0 Å². The van der Waals surface area contributed by atoms with Gasteiger partial charge >= 0.3 is 0 Å². The molecule has 0 saturated heterocycles. The Kier molecular flexibility index (Phi) is 4.99. The molecule has 0 aliphatic carbocycles. The number of methoxy groups -OCH3 is 2. The van der Waals surface area contributed by atoms with Crippen LogP contribution in [0.1, 0.15) is 12.5 Å². The maximum Gasteiger partial charge on any atom is 0.176 e. The first-order chi connectivity index (χ1) is 7.58. The van der Waals surface area contributed by atoms with Crippen molar-refractivity contribution >= 4 is 17.3 Å². The molecule has 0 saturated carbocycles. The van der Waals surface area contributed by atoms with Gasteiger partial charge in [-0.1, -0.05) is 11.6 Å². The van der Waals surface area contributed by atoms with Crippen molar-refractivity contribution in [2.75, 3.05) is 19.5 Å². The third-order valence-electron chi connectivity index (χ3n) is 2.23. The SMILES string of the molecule is COC(OC)C(C)Nc1cc(C)cnc1Cl. The second kappa shape index (κ2) is 6.03. The summed E-state index contributed by atoms with van der Waals surface area (Å²) in [6.45, 7) is 3.92. The highest BCUT2D eigenvalue weighted by atomic mass is 35.5. The van der Waals surface area contributed by atoms with Crippen molar-refractivity contribution in [1.82, 2.24) is 4.98 Å². The molecule has 0 bridgehead atoms. The maximum atomic E-state index is 5.98. The van der Waals surface area contributed by atoms with Gasteiger partial charge in [0.2, 0.25) is 0 Å². The van der Waals surface area contributed by atoms with E-state index < -0.39 is 0 Å². The van der Waals surface area contributed by atoms with Crippen LogP contribution < -0.4 is 5.32 Å². The van der Waals surface area contributed by atoms with Crippen LogP contribution >= 0.6 is 11.6 Å². The number of anilines is 1. The van der Waals surface area contributed by atoms with Crippen molar-refractivity contribution in [3.05, 3.63) is 23.0 Å². The lowest BCUT2D eigenvalue weighted by atomic mass is 10.2. The zero-order valence-electron chi connectivity index (χ0n) is 9.95. The molecule has 1 aromatic heterocycles. The average molecular weight is 245 g/mol. The van der Waals surface area contributed by atoms with E-state index in [9.17, 15) is 0 Å². The number of nitrogens with zero attached hydrogens (tertiary/aromatic N) is 1. The molecule has 1 unspecified atom stereocenters. The molecule has 4 nitrogen and oxygen atoms in total. The molecule has 16 heavy (non-hydrogen) atoms. The van der Waals surface area contributed by atoms with Crippen LogP contribution in [0.15, 0.2) is 12.3 Å². The van der Waals surface area contributed by atoms with Crippen LogP contribution in [-0.2, 0) is 9.47 Å². The Hall–Kier alpha value is -0.840. The predicted octanol–water partition coefficient (Wildman–Crippen LogP) is 2.46. The number of aryl methyl sites for hydroxylation is 1. The normalized spacial score (nSPS) is 12.9. The lowest BCUT2D eigenvalue weighted by molar-refractivity contribution is -0.109. The molecule has 90 valence electrons. The molecule has 1 rings (SSSR count). The topological polar surface area (TPSA) is 43.4 Å². The molecular weight excluding hydrogens is 228 g/mol. The zero-order chi connectivity index (χ0) is 12.1. The van der Waals surface area contributed by atoms with E-state index >= 15 is 0 Å². The quantitative estimate of drug-likeness (QED) is 0.638. The molecule has 0 aromatic carbocycles. The van der Waals surface area contributed by atoms with Crippen molar-refractivity contribution in [3.63, 3.8) is 0 Å². The third-order valence-corrected chi connectivity index (χ3v) is 2.53.